The number of alkyl carbamates (subject to hydrolysis) is 1. The molecule has 204 valence electrons. The number of nitrogens with zero attached hydrogens (tertiary/aromatic N) is 2. The molecule has 1 saturated heterocycles. The standard InChI is InChI=1S/C25H30Cl2N6O5/c1-13-18(26)19(27)20(29-13)22(34)30-16-8-7-15(21-31-24(36)38-32-21)10-17(16)33-9-5-6-14(12-33)11-28-23(35)37-25(2,3)4/h7-8,10,14,29H,5-6,9,11-12H2,1-4H3,(H,28,35)(H,30,34)(H,31,32,36). The fourth-order valence-electron chi connectivity index (χ4n) is 4.31. The molecule has 4 rings (SSSR count). The van der Waals surface area contributed by atoms with Crippen molar-refractivity contribution in [2.75, 3.05) is 29.9 Å². The van der Waals surface area contributed by atoms with Gasteiger partial charge in [-0.05, 0) is 64.7 Å². The van der Waals surface area contributed by atoms with E-state index >= 15 is 0 Å². The lowest BCUT2D eigenvalue weighted by Crippen LogP contribution is -2.42. The second kappa shape index (κ2) is 11.1. The van der Waals surface area contributed by atoms with E-state index in [2.05, 4.69) is 35.2 Å². The van der Waals surface area contributed by atoms with Crippen LogP contribution in [-0.2, 0) is 4.74 Å². The molecule has 11 nitrogen and oxygen atoms in total. The van der Waals surface area contributed by atoms with Crippen molar-refractivity contribution in [1.29, 1.82) is 0 Å². The van der Waals surface area contributed by atoms with E-state index in [1.54, 1.807) is 19.1 Å². The maximum Gasteiger partial charge on any atom is 0.439 e. The highest BCUT2D eigenvalue weighted by Crippen LogP contribution is 2.35. The van der Waals surface area contributed by atoms with Crippen LogP contribution in [0.4, 0.5) is 16.2 Å². The van der Waals surface area contributed by atoms with Gasteiger partial charge in [0.15, 0.2) is 5.82 Å². The third kappa shape index (κ3) is 6.51. The summed E-state index contributed by atoms with van der Waals surface area (Å²) in [7, 11) is 0. The zero-order chi connectivity index (χ0) is 27.6. The number of aryl methyl sites for hydroxylation is 1. The third-order valence-corrected chi connectivity index (χ3v) is 6.98. The van der Waals surface area contributed by atoms with Crippen molar-refractivity contribution >= 4 is 46.6 Å². The molecule has 38 heavy (non-hydrogen) atoms. The predicted molar refractivity (Wildman–Crippen MR) is 145 cm³/mol. The van der Waals surface area contributed by atoms with Gasteiger partial charge in [-0.25, -0.2) is 9.59 Å². The Hall–Kier alpha value is -3.44. The molecule has 1 aromatic carbocycles. The van der Waals surface area contributed by atoms with Gasteiger partial charge in [-0.15, -0.1) is 0 Å². The van der Waals surface area contributed by atoms with Gasteiger partial charge in [-0.1, -0.05) is 28.4 Å². The van der Waals surface area contributed by atoms with E-state index in [-0.39, 0.29) is 22.5 Å². The minimum atomic E-state index is -0.668. The van der Waals surface area contributed by atoms with Crippen molar-refractivity contribution in [3.63, 3.8) is 0 Å². The van der Waals surface area contributed by atoms with Crippen molar-refractivity contribution in [2.45, 2.75) is 46.1 Å². The number of carbonyl (C=O) groups is 2. The summed E-state index contributed by atoms with van der Waals surface area (Å²) in [4.78, 5) is 44.4. The smallest absolute Gasteiger partial charge is 0.439 e. The molecule has 2 amide bonds. The van der Waals surface area contributed by atoms with Crippen molar-refractivity contribution in [2.24, 2.45) is 5.92 Å². The zero-order valence-corrected chi connectivity index (χ0v) is 23.0. The van der Waals surface area contributed by atoms with Crippen LogP contribution in [0, 0.1) is 12.8 Å². The number of hydrogen-bond acceptors (Lipinski definition) is 7. The Bertz CT molecular complexity index is 1390. The molecule has 0 radical (unpaired) electrons. The second-order valence-corrected chi connectivity index (χ2v) is 11.0. The fourth-order valence-corrected chi connectivity index (χ4v) is 4.72. The Kier molecular flexibility index (Phi) is 8.08. The van der Waals surface area contributed by atoms with Gasteiger partial charge in [0.2, 0.25) is 0 Å². The number of nitrogens with one attached hydrogen (secondary N) is 4. The number of halogens is 2. The number of hydrogen-bond donors (Lipinski definition) is 4. The number of benzene rings is 1. The molecule has 1 aliphatic heterocycles. The Morgan fingerprint density at radius 1 is 1.24 bits per heavy atom. The molecule has 1 fully saturated rings. The first-order valence-electron chi connectivity index (χ1n) is 12.2. The minimum absolute atomic E-state index is 0.145. The number of amides is 2. The molecule has 0 spiro atoms. The first-order valence-corrected chi connectivity index (χ1v) is 12.9. The molecule has 1 unspecified atom stereocenters. The average Bonchev–Trinajstić information content (AvgIpc) is 3.40. The monoisotopic (exact) mass is 564 g/mol. The highest BCUT2D eigenvalue weighted by atomic mass is 35.5. The van der Waals surface area contributed by atoms with Crippen LogP contribution in [0.1, 0.15) is 49.8 Å². The number of aromatic amines is 2. The third-order valence-electron chi connectivity index (χ3n) is 6.03. The van der Waals surface area contributed by atoms with Crippen LogP contribution >= 0.6 is 23.2 Å². The normalized spacial score (nSPS) is 15.8. The molecule has 3 heterocycles. The van der Waals surface area contributed by atoms with Crippen LogP contribution in [0.2, 0.25) is 10.0 Å². The van der Waals surface area contributed by atoms with Crippen molar-refractivity contribution in [3.05, 3.63) is 50.2 Å². The zero-order valence-electron chi connectivity index (χ0n) is 21.5. The van der Waals surface area contributed by atoms with E-state index in [0.717, 1.165) is 19.4 Å². The average molecular weight is 565 g/mol. The van der Waals surface area contributed by atoms with Crippen LogP contribution in [0.25, 0.3) is 11.4 Å². The lowest BCUT2D eigenvalue weighted by atomic mass is 9.97. The SMILES string of the molecule is Cc1[nH]c(C(=O)Nc2ccc(-c3noc(=O)[nH]3)cc2N2CCCC(CNC(=O)OC(C)(C)C)C2)c(Cl)c1Cl. The van der Waals surface area contributed by atoms with Crippen molar-refractivity contribution in [3.8, 4) is 11.4 Å². The van der Waals surface area contributed by atoms with Crippen LogP contribution < -0.4 is 21.3 Å². The van der Waals surface area contributed by atoms with Crippen molar-refractivity contribution < 1.29 is 18.8 Å². The van der Waals surface area contributed by atoms with Crippen molar-refractivity contribution in [1.82, 2.24) is 20.4 Å². The van der Waals surface area contributed by atoms with Crippen LogP contribution in [-0.4, -0.2) is 52.4 Å². The lowest BCUT2D eigenvalue weighted by molar-refractivity contribution is 0.0517. The van der Waals surface area contributed by atoms with E-state index in [1.807, 2.05) is 26.8 Å². The Morgan fingerprint density at radius 3 is 2.63 bits per heavy atom. The number of carbonyl (C=O) groups excluding carboxylic acids is 2. The van der Waals surface area contributed by atoms with E-state index in [9.17, 15) is 14.4 Å². The van der Waals surface area contributed by atoms with Crippen LogP contribution in [0.15, 0.2) is 27.5 Å². The maximum atomic E-state index is 13.1. The summed E-state index contributed by atoms with van der Waals surface area (Å²) in [5.41, 5.74) is 2.02. The Labute approximate surface area is 229 Å². The molecule has 13 heteroatoms. The number of ether oxygens (including phenoxy) is 1. The van der Waals surface area contributed by atoms with Crippen LogP contribution in [0.5, 0.6) is 0 Å². The van der Waals surface area contributed by atoms with Gasteiger partial charge in [0.1, 0.15) is 11.3 Å². The van der Waals surface area contributed by atoms with E-state index in [4.69, 9.17) is 27.9 Å². The van der Waals surface area contributed by atoms with E-state index in [0.29, 0.717) is 40.7 Å². The molecule has 4 N–H and O–H groups in total. The molecule has 0 aliphatic carbocycles. The molecular weight excluding hydrogens is 535 g/mol. The molecule has 1 atom stereocenters. The number of piperidine rings is 1. The molecule has 1 aliphatic rings. The highest BCUT2D eigenvalue weighted by Gasteiger charge is 2.26. The molecule has 2 aromatic heterocycles. The summed E-state index contributed by atoms with van der Waals surface area (Å²) in [6, 6.07) is 5.26. The largest absolute Gasteiger partial charge is 0.444 e. The number of anilines is 2. The number of rotatable bonds is 6. The van der Waals surface area contributed by atoms with Gasteiger partial charge in [0.25, 0.3) is 5.91 Å². The van der Waals surface area contributed by atoms with Gasteiger partial charge in [0, 0.05) is 30.9 Å². The van der Waals surface area contributed by atoms with Gasteiger partial charge in [-0.2, -0.15) is 0 Å². The minimum Gasteiger partial charge on any atom is -0.444 e. The topological polar surface area (TPSA) is 145 Å². The number of H-pyrrole nitrogens is 2. The Morgan fingerprint density at radius 2 is 2.00 bits per heavy atom. The van der Waals surface area contributed by atoms with Crippen LogP contribution in [0.3, 0.4) is 0 Å². The van der Waals surface area contributed by atoms with Gasteiger partial charge < -0.3 is 25.3 Å². The predicted octanol–water partition coefficient (Wildman–Crippen LogP) is 4.97. The molecule has 0 saturated carbocycles. The summed E-state index contributed by atoms with van der Waals surface area (Å²) in [6.07, 6.45) is 1.33. The quantitative estimate of drug-likeness (QED) is 0.330. The van der Waals surface area contributed by atoms with E-state index in [1.165, 1.54) is 0 Å². The first kappa shape index (κ1) is 27.6. The Balaban J connectivity index is 1.58. The number of aromatic nitrogens is 3. The summed E-state index contributed by atoms with van der Waals surface area (Å²) < 4.78 is 10.0. The summed E-state index contributed by atoms with van der Waals surface area (Å²) in [5, 5.41) is 9.99. The second-order valence-electron chi connectivity index (χ2n) is 10.2. The van der Waals surface area contributed by atoms with Gasteiger partial charge >= 0.3 is 11.8 Å². The maximum absolute atomic E-state index is 13.1. The first-order chi connectivity index (χ1) is 17.9. The summed E-state index contributed by atoms with van der Waals surface area (Å²) in [5.74, 6) is -0.702. The molecule has 0 bridgehead atoms. The lowest BCUT2D eigenvalue weighted by Gasteiger charge is -2.36. The van der Waals surface area contributed by atoms with E-state index < -0.39 is 23.4 Å². The van der Waals surface area contributed by atoms with Gasteiger partial charge in [0.05, 0.1) is 21.4 Å². The molecular formula is C25H30Cl2N6O5. The fraction of sp³-hybridized carbons (Fsp3) is 0.440. The highest BCUT2D eigenvalue weighted by molar-refractivity contribution is 6.44. The summed E-state index contributed by atoms with van der Waals surface area (Å²) in [6.45, 7) is 8.95. The molecule has 3 aromatic rings. The summed E-state index contributed by atoms with van der Waals surface area (Å²) >= 11 is 12.4. The van der Waals surface area contributed by atoms with Gasteiger partial charge in [-0.3, -0.25) is 14.3 Å².